The Morgan fingerprint density at radius 1 is 1.33 bits per heavy atom. The van der Waals surface area contributed by atoms with Crippen LogP contribution >= 0.6 is 0 Å². The van der Waals surface area contributed by atoms with E-state index in [1.165, 1.54) is 12.8 Å². The zero-order chi connectivity index (χ0) is 10.8. The first-order valence-corrected chi connectivity index (χ1v) is 5.86. The van der Waals surface area contributed by atoms with E-state index in [0.717, 1.165) is 24.6 Å². The van der Waals surface area contributed by atoms with Crippen LogP contribution in [0.3, 0.4) is 0 Å². The highest BCUT2D eigenvalue weighted by molar-refractivity contribution is 5.05. The molecule has 1 unspecified atom stereocenters. The fourth-order valence-corrected chi connectivity index (χ4v) is 2.28. The Morgan fingerprint density at radius 2 is 2.13 bits per heavy atom. The van der Waals surface area contributed by atoms with Gasteiger partial charge in [0.1, 0.15) is 11.6 Å². The number of nitrogens with two attached hydrogens (primary N) is 1. The van der Waals surface area contributed by atoms with Gasteiger partial charge in [0.2, 0.25) is 0 Å². The average Bonchev–Trinajstić information content (AvgIpc) is 2.63. The normalized spacial score (nSPS) is 17.9. The van der Waals surface area contributed by atoms with Crippen molar-refractivity contribution < 1.29 is 0 Å². The largest absolute Gasteiger partial charge is 0.330 e. The van der Waals surface area contributed by atoms with Gasteiger partial charge in [-0.1, -0.05) is 13.8 Å². The van der Waals surface area contributed by atoms with Crippen molar-refractivity contribution in [3.8, 4) is 0 Å². The van der Waals surface area contributed by atoms with E-state index in [9.17, 15) is 0 Å². The van der Waals surface area contributed by atoms with Gasteiger partial charge in [0.15, 0.2) is 0 Å². The average molecular weight is 208 g/mol. The Labute approximate surface area is 90.9 Å². The number of fused-ring (bicyclic) bond motifs is 1. The van der Waals surface area contributed by atoms with Gasteiger partial charge < -0.3 is 10.3 Å². The minimum Gasteiger partial charge on any atom is -0.330 e. The summed E-state index contributed by atoms with van der Waals surface area (Å²) in [4.78, 5) is 0. The number of hydrogen-bond acceptors (Lipinski definition) is 3. The molecule has 4 heteroatoms. The van der Waals surface area contributed by atoms with Gasteiger partial charge in [0.05, 0.1) is 0 Å². The molecule has 0 aliphatic carbocycles. The summed E-state index contributed by atoms with van der Waals surface area (Å²) in [5.74, 6) is 3.13. The minimum atomic E-state index is 0.351. The zero-order valence-corrected chi connectivity index (χ0v) is 9.61. The second-order valence-electron chi connectivity index (χ2n) is 4.67. The summed E-state index contributed by atoms with van der Waals surface area (Å²) in [5.41, 5.74) is 5.82. The maximum absolute atomic E-state index is 5.82. The lowest BCUT2D eigenvalue weighted by atomic mass is 9.95. The second-order valence-corrected chi connectivity index (χ2v) is 4.67. The molecular weight excluding hydrogens is 188 g/mol. The van der Waals surface area contributed by atoms with Gasteiger partial charge in [-0.25, -0.2) is 0 Å². The van der Waals surface area contributed by atoms with E-state index in [4.69, 9.17) is 5.73 Å². The first-order valence-electron chi connectivity index (χ1n) is 5.86. The van der Waals surface area contributed by atoms with Crippen LogP contribution in [-0.2, 0) is 13.0 Å². The van der Waals surface area contributed by atoms with Crippen molar-refractivity contribution >= 4 is 0 Å². The highest BCUT2D eigenvalue weighted by Gasteiger charge is 2.23. The van der Waals surface area contributed by atoms with Crippen molar-refractivity contribution in [2.75, 3.05) is 6.54 Å². The molecule has 1 aromatic heterocycles. The maximum atomic E-state index is 5.82. The summed E-state index contributed by atoms with van der Waals surface area (Å²) < 4.78 is 2.28. The smallest absolute Gasteiger partial charge is 0.137 e. The molecule has 2 heterocycles. The van der Waals surface area contributed by atoms with Gasteiger partial charge in [-0.2, -0.15) is 0 Å². The molecule has 84 valence electrons. The molecule has 1 aliphatic rings. The van der Waals surface area contributed by atoms with Crippen molar-refractivity contribution in [2.45, 2.75) is 45.6 Å². The van der Waals surface area contributed by atoms with E-state index < -0.39 is 0 Å². The van der Waals surface area contributed by atoms with Crippen LogP contribution in [0.2, 0.25) is 0 Å². The lowest BCUT2D eigenvalue weighted by Gasteiger charge is -2.21. The van der Waals surface area contributed by atoms with Crippen LogP contribution in [0, 0.1) is 5.92 Å². The molecule has 0 spiro atoms. The summed E-state index contributed by atoms with van der Waals surface area (Å²) in [6, 6.07) is 0. The fourth-order valence-electron chi connectivity index (χ4n) is 2.28. The van der Waals surface area contributed by atoms with E-state index in [2.05, 4.69) is 28.6 Å². The summed E-state index contributed by atoms with van der Waals surface area (Å²) in [6.07, 6.45) is 3.56. The van der Waals surface area contributed by atoms with E-state index >= 15 is 0 Å². The van der Waals surface area contributed by atoms with Gasteiger partial charge in [0.25, 0.3) is 0 Å². The SMILES string of the molecule is CC(C)C(CN)c1nnc2n1CCCC2. The maximum Gasteiger partial charge on any atom is 0.137 e. The molecule has 1 aromatic rings. The fraction of sp³-hybridized carbons (Fsp3) is 0.818. The number of nitrogens with zero attached hydrogens (tertiary/aromatic N) is 3. The number of rotatable bonds is 3. The van der Waals surface area contributed by atoms with Gasteiger partial charge in [-0.15, -0.1) is 10.2 Å². The Balaban J connectivity index is 2.31. The van der Waals surface area contributed by atoms with Crippen LogP contribution in [-0.4, -0.2) is 21.3 Å². The molecule has 0 saturated heterocycles. The second kappa shape index (κ2) is 4.31. The summed E-state index contributed by atoms with van der Waals surface area (Å²) >= 11 is 0. The van der Waals surface area contributed by atoms with Crippen molar-refractivity contribution in [3.63, 3.8) is 0 Å². The molecule has 0 fully saturated rings. The van der Waals surface area contributed by atoms with Crippen LogP contribution in [0.4, 0.5) is 0 Å². The predicted octanol–water partition coefficient (Wildman–Crippen LogP) is 1.31. The lowest BCUT2D eigenvalue weighted by molar-refractivity contribution is 0.435. The van der Waals surface area contributed by atoms with Crippen molar-refractivity contribution in [1.29, 1.82) is 0 Å². The van der Waals surface area contributed by atoms with Gasteiger partial charge in [-0.3, -0.25) is 0 Å². The van der Waals surface area contributed by atoms with Crippen molar-refractivity contribution in [1.82, 2.24) is 14.8 Å². The first-order chi connectivity index (χ1) is 7.24. The van der Waals surface area contributed by atoms with E-state index in [1.54, 1.807) is 0 Å². The summed E-state index contributed by atoms with van der Waals surface area (Å²) in [6.45, 7) is 6.13. The van der Waals surface area contributed by atoms with E-state index in [1.807, 2.05) is 0 Å². The Kier molecular flexibility index (Phi) is 3.05. The van der Waals surface area contributed by atoms with Crippen LogP contribution in [0.5, 0.6) is 0 Å². The molecule has 0 bridgehead atoms. The number of aromatic nitrogens is 3. The third-order valence-electron chi connectivity index (χ3n) is 3.28. The monoisotopic (exact) mass is 208 g/mol. The quantitative estimate of drug-likeness (QED) is 0.815. The topological polar surface area (TPSA) is 56.7 Å². The number of aryl methyl sites for hydroxylation is 1. The molecule has 0 saturated carbocycles. The first kappa shape index (κ1) is 10.6. The van der Waals surface area contributed by atoms with Crippen molar-refractivity contribution in [2.24, 2.45) is 11.7 Å². The van der Waals surface area contributed by atoms with Gasteiger partial charge >= 0.3 is 0 Å². The van der Waals surface area contributed by atoms with Crippen LogP contribution in [0.25, 0.3) is 0 Å². The third-order valence-corrected chi connectivity index (χ3v) is 3.28. The molecule has 4 nitrogen and oxygen atoms in total. The highest BCUT2D eigenvalue weighted by atomic mass is 15.3. The van der Waals surface area contributed by atoms with Crippen LogP contribution < -0.4 is 5.73 Å². The molecule has 15 heavy (non-hydrogen) atoms. The Morgan fingerprint density at radius 3 is 2.80 bits per heavy atom. The van der Waals surface area contributed by atoms with Gasteiger partial charge in [0, 0.05) is 25.4 Å². The van der Waals surface area contributed by atoms with Crippen LogP contribution in [0.15, 0.2) is 0 Å². The lowest BCUT2D eigenvalue weighted by Crippen LogP contribution is -2.23. The Bertz CT molecular complexity index is 329. The number of hydrogen-bond donors (Lipinski definition) is 1. The molecular formula is C11H20N4. The molecule has 1 atom stereocenters. The zero-order valence-electron chi connectivity index (χ0n) is 9.61. The minimum absolute atomic E-state index is 0.351. The van der Waals surface area contributed by atoms with Crippen LogP contribution in [0.1, 0.15) is 44.3 Å². The highest BCUT2D eigenvalue weighted by Crippen LogP contribution is 2.24. The molecule has 2 rings (SSSR count). The summed E-state index contributed by atoms with van der Waals surface area (Å²) in [5, 5.41) is 8.59. The predicted molar refractivity (Wildman–Crippen MR) is 59.6 cm³/mol. The van der Waals surface area contributed by atoms with Gasteiger partial charge in [-0.05, 0) is 18.8 Å². The van der Waals surface area contributed by atoms with E-state index in [0.29, 0.717) is 18.4 Å². The molecule has 1 aliphatic heterocycles. The Hall–Kier alpha value is -0.900. The molecule has 2 N–H and O–H groups in total. The summed E-state index contributed by atoms with van der Waals surface area (Å²) in [7, 11) is 0. The van der Waals surface area contributed by atoms with Crippen molar-refractivity contribution in [3.05, 3.63) is 11.6 Å². The third kappa shape index (κ3) is 1.91. The molecule has 0 radical (unpaired) electrons. The van der Waals surface area contributed by atoms with E-state index in [-0.39, 0.29) is 0 Å². The molecule has 0 amide bonds. The standard InChI is InChI=1S/C11H20N4/c1-8(2)9(7-12)11-14-13-10-5-3-4-6-15(10)11/h8-9H,3-7,12H2,1-2H3. The molecule has 0 aromatic carbocycles.